The van der Waals surface area contributed by atoms with Crippen molar-refractivity contribution < 1.29 is 19.1 Å². The maximum absolute atomic E-state index is 12.5. The summed E-state index contributed by atoms with van der Waals surface area (Å²) >= 11 is 0. The van der Waals surface area contributed by atoms with Crippen molar-refractivity contribution in [2.75, 3.05) is 0 Å². The minimum Gasteiger partial charge on any atom is -0.461 e. The quantitative estimate of drug-likeness (QED) is 0.386. The van der Waals surface area contributed by atoms with Gasteiger partial charge in [-0.15, -0.1) is 0 Å². The number of benzene rings is 2. The molecule has 5 nitrogen and oxygen atoms in total. The van der Waals surface area contributed by atoms with Crippen LogP contribution in [-0.2, 0) is 22.7 Å². The molecule has 2 amide bonds. The highest BCUT2D eigenvalue weighted by atomic mass is 16.5. The molecule has 0 bridgehead atoms. The number of hydrogen-bond donors (Lipinski definition) is 0. The Bertz CT molecular complexity index is 1040. The second kappa shape index (κ2) is 7.80. The molecule has 31 heavy (non-hydrogen) atoms. The van der Waals surface area contributed by atoms with Gasteiger partial charge in [0.15, 0.2) is 0 Å². The van der Waals surface area contributed by atoms with Gasteiger partial charge in [0.05, 0.1) is 23.6 Å². The molecule has 0 N–H and O–H groups in total. The number of nitrogens with zero attached hydrogens (tertiary/aromatic N) is 1. The highest BCUT2D eigenvalue weighted by Gasteiger charge is 2.61. The highest BCUT2D eigenvalue weighted by Crippen LogP contribution is 2.59. The molecular formula is C26H27NO4. The van der Waals surface area contributed by atoms with Gasteiger partial charge in [-0.3, -0.25) is 19.3 Å². The van der Waals surface area contributed by atoms with Gasteiger partial charge in [0.2, 0.25) is 0 Å². The lowest BCUT2D eigenvalue weighted by Crippen LogP contribution is -2.29. The van der Waals surface area contributed by atoms with E-state index >= 15 is 0 Å². The Kier molecular flexibility index (Phi) is 5.29. The lowest BCUT2D eigenvalue weighted by atomic mass is 10.1. The number of rotatable bonds is 6. The molecule has 0 spiro atoms. The predicted molar refractivity (Wildman–Crippen MR) is 117 cm³/mol. The van der Waals surface area contributed by atoms with Gasteiger partial charge in [0, 0.05) is 0 Å². The second-order valence-electron chi connectivity index (χ2n) is 9.24. The van der Waals surface area contributed by atoms with Crippen LogP contribution in [0.25, 0.3) is 0 Å². The number of ether oxygens (including phenoxy) is 1. The maximum Gasteiger partial charge on any atom is 0.310 e. The first-order chi connectivity index (χ1) is 14.7. The molecule has 1 fully saturated rings. The minimum atomic E-state index is -0.267. The van der Waals surface area contributed by atoms with E-state index in [2.05, 4.69) is 19.9 Å². The van der Waals surface area contributed by atoms with Gasteiger partial charge in [0.1, 0.15) is 6.61 Å². The van der Waals surface area contributed by atoms with Crippen LogP contribution in [0.2, 0.25) is 0 Å². The maximum atomic E-state index is 12.5. The first kappa shape index (κ1) is 21.0. The van der Waals surface area contributed by atoms with E-state index in [4.69, 9.17) is 4.74 Å². The Labute approximate surface area is 182 Å². The SMILES string of the molecule is CC(C)=CC1C(C(=O)OCc2ccc(CN3C(=O)c4ccccc4C3=O)cc2)C1(C)C. The highest BCUT2D eigenvalue weighted by molar-refractivity contribution is 6.21. The van der Waals surface area contributed by atoms with Crippen molar-refractivity contribution in [3.8, 4) is 0 Å². The molecule has 0 saturated heterocycles. The van der Waals surface area contributed by atoms with Gasteiger partial charge in [-0.1, -0.05) is 61.9 Å². The van der Waals surface area contributed by atoms with Crippen molar-refractivity contribution in [1.82, 2.24) is 4.90 Å². The Morgan fingerprint density at radius 3 is 2.06 bits per heavy atom. The summed E-state index contributed by atoms with van der Waals surface area (Å²) in [6.45, 7) is 8.70. The number of amides is 2. The average Bonchev–Trinajstić information content (AvgIpc) is 3.19. The summed E-state index contributed by atoms with van der Waals surface area (Å²) in [5.41, 5.74) is 3.76. The van der Waals surface area contributed by atoms with E-state index in [0.29, 0.717) is 11.1 Å². The van der Waals surface area contributed by atoms with Crippen LogP contribution in [0.5, 0.6) is 0 Å². The van der Waals surface area contributed by atoms with Crippen LogP contribution in [0, 0.1) is 17.3 Å². The summed E-state index contributed by atoms with van der Waals surface area (Å²) in [5.74, 6) is -0.571. The third-order valence-corrected chi connectivity index (χ3v) is 6.30. The summed E-state index contributed by atoms with van der Waals surface area (Å²) in [7, 11) is 0. The minimum absolute atomic E-state index is 0.0649. The summed E-state index contributed by atoms with van der Waals surface area (Å²) in [5, 5.41) is 0. The van der Waals surface area contributed by atoms with Crippen molar-refractivity contribution in [3.63, 3.8) is 0 Å². The van der Waals surface area contributed by atoms with Crippen LogP contribution < -0.4 is 0 Å². The van der Waals surface area contributed by atoms with E-state index in [0.717, 1.165) is 11.1 Å². The van der Waals surface area contributed by atoms with E-state index in [9.17, 15) is 14.4 Å². The van der Waals surface area contributed by atoms with Crippen molar-refractivity contribution in [1.29, 1.82) is 0 Å². The van der Waals surface area contributed by atoms with Crippen molar-refractivity contribution in [2.45, 2.75) is 40.8 Å². The first-order valence-electron chi connectivity index (χ1n) is 10.5. The summed E-state index contributed by atoms with van der Waals surface area (Å²) in [4.78, 5) is 38.8. The fourth-order valence-corrected chi connectivity index (χ4v) is 4.35. The summed E-state index contributed by atoms with van der Waals surface area (Å²) in [6.07, 6.45) is 2.15. The molecular weight excluding hydrogens is 390 g/mol. The summed E-state index contributed by atoms with van der Waals surface area (Å²) < 4.78 is 5.56. The third kappa shape index (κ3) is 3.92. The van der Waals surface area contributed by atoms with E-state index in [1.807, 2.05) is 38.1 Å². The number of esters is 1. The normalized spacial score (nSPS) is 21.0. The molecule has 1 aliphatic carbocycles. The Morgan fingerprint density at radius 2 is 1.52 bits per heavy atom. The molecule has 4 rings (SSSR count). The van der Waals surface area contributed by atoms with Gasteiger partial charge in [-0.2, -0.15) is 0 Å². The number of imide groups is 1. The van der Waals surface area contributed by atoms with Gasteiger partial charge < -0.3 is 4.74 Å². The van der Waals surface area contributed by atoms with Crippen LogP contribution in [0.1, 0.15) is 59.5 Å². The molecule has 2 aliphatic rings. The molecule has 1 aliphatic heterocycles. The first-order valence-corrected chi connectivity index (χ1v) is 10.5. The molecule has 1 saturated carbocycles. The van der Waals surface area contributed by atoms with Crippen LogP contribution in [0.3, 0.4) is 0 Å². The zero-order chi connectivity index (χ0) is 22.3. The molecule has 2 aromatic rings. The fourth-order valence-electron chi connectivity index (χ4n) is 4.35. The molecule has 0 aromatic heterocycles. The number of allylic oxidation sites excluding steroid dienone is 2. The molecule has 1 heterocycles. The molecule has 0 radical (unpaired) electrons. The van der Waals surface area contributed by atoms with Crippen LogP contribution in [-0.4, -0.2) is 22.7 Å². The third-order valence-electron chi connectivity index (χ3n) is 6.30. The summed E-state index contributed by atoms with van der Waals surface area (Å²) in [6, 6.07) is 14.3. The predicted octanol–water partition coefficient (Wildman–Crippen LogP) is 4.76. The zero-order valence-corrected chi connectivity index (χ0v) is 18.3. The van der Waals surface area contributed by atoms with Crippen molar-refractivity contribution in [2.24, 2.45) is 17.3 Å². The molecule has 2 aromatic carbocycles. The topological polar surface area (TPSA) is 63.7 Å². The van der Waals surface area contributed by atoms with Gasteiger partial charge in [-0.25, -0.2) is 0 Å². The smallest absolute Gasteiger partial charge is 0.310 e. The Hall–Kier alpha value is -3.21. The van der Waals surface area contributed by atoms with Crippen LogP contribution in [0.4, 0.5) is 0 Å². The lowest BCUT2D eigenvalue weighted by Gasteiger charge is -2.14. The molecule has 2 atom stereocenters. The fraction of sp³-hybridized carbons (Fsp3) is 0.346. The van der Waals surface area contributed by atoms with E-state index < -0.39 is 0 Å². The lowest BCUT2D eigenvalue weighted by molar-refractivity contribution is -0.147. The average molecular weight is 418 g/mol. The second-order valence-corrected chi connectivity index (χ2v) is 9.24. The van der Waals surface area contributed by atoms with Gasteiger partial charge >= 0.3 is 5.97 Å². The number of fused-ring (bicyclic) bond motifs is 1. The van der Waals surface area contributed by atoms with E-state index in [1.165, 1.54) is 10.5 Å². The standard InChI is InChI=1S/C26H27NO4/c1-16(2)13-21-22(26(21,3)4)25(30)31-15-18-11-9-17(10-12-18)14-27-23(28)19-7-5-6-8-20(19)24(27)29/h5-13,21-22H,14-15H2,1-4H3. The van der Waals surface area contributed by atoms with E-state index in [-0.39, 0.29) is 48.2 Å². The molecule has 5 heteroatoms. The Morgan fingerprint density at radius 1 is 0.968 bits per heavy atom. The van der Waals surface area contributed by atoms with E-state index in [1.54, 1.807) is 24.3 Å². The number of hydrogen-bond acceptors (Lipinski definition) is 4. The molecule has 2 unspecified atom stereocenters. The van der Waals surface area contributed by atoms with Crippen LogP contribution in [0.15, 0.2) is 60.2 Å². The molecule has 160 valence electrons. The Balaban J connectivity index is 1.35. The largest absolute Gasteiger partial charge is 0.461 e. The zero-order valence-electron chi connectivity index (χ0n) is 18.3. The monoisotopic (exact) mass is 417 g/mol. The van der Waals surface area contributed by atoms with Crippen LogP contribution >= 0.6 is 0 Å². The van der Waals surface area contributed by atoms with Gasteiger partial charge in [0.25, 0.3) is 11.8 Å². The van der Waals surface area contributed by atoms with Crippen molar-refractivity contribution in [3.05, 3.63) is 82.4 Å². The number of carbonyl (C=O) groups is 3. The number of carbonyl (C=O) groups excluding carboxylic acids is 3. The van der Waals surface area contributed by atoms with Crippen molar-refractivity contribution >= 4 is 17.8 Å². The van der Waals surface area contributed by atoms with Gasteiger partial charge in [-0.05, 0) is 48.4 Å².